The van der Waals surface area contributed by atoms with Crippen LogP contribution >= 0.6 is 12.2 Å². The monoisotopic (exact) mass is 548 g/mol. The van der Waals surface area contributed by atoms with Crippen LogP contribution in [-0.2, 0) is 20.0 Å². The Morgan fingerprint density at radius 2 is 1.36 bits per heavy atom. The molecular weight excluding hydrogens is 517 g/mol. The predicted molar refractivity (Wildman–Crippen MR) is 148 cm³/mol. The largest absolute Gasteiger partial charge is 0.360 e. The van der Waals surface area contributed by atoms with Crippen molar-refractivity contribution in [3.8, 4) is 0 Å². The molecule has 2 heterocycles. The highest BCUT2D eigenvalue weighted by molar-refractivity contribution is 7.89. The van der Waals surface area contributed by atoms with E-state index in [0.717, 1.165) is 18.4 Å². The van der Waals surface area contributed by atoms with Gasteiger partial charge in [0.1, 0.15) is 0 Å². The van der Waals surface area contributed by atoms with Gasteiger partial charge in [-0.05, 0) is 80.7 Å². The molecule has 0 unspecified atom stereocenters. The van der Waals surface area contributed by atoms with Gasteiger partial charge in [0.05, 0.1) is 9.79 Å². The van der Waals surface area contributed by atoms with Gasteiger partial charge in [0.2, 0.25) is 20.0 Å². The second kappa shape index (κ2) is 10.6. The number of nitrogens with zero attached hydrogens (tertiary/aromatic N) is 2. The van der Waals surface area contributed by atoms with Crippen molar-refractivity contribution in [2.24, 2.45) is 0 Å². The molecule has 2 aromatic carbocycles. The minimum Gasteiger partial charge on any atom is -0.360 e. The lowest BCUT2D eigenvalue weighted by atomic mass is 10.1. The van der Waals surface area contributed by atoms with Crippen LogP contribution in [0.2, 0.25) is 0 Å². The van der Waals surface area contributed by atoms with Crippen LogP contribution in [0.4, 0.5) is 5.69 Å². The molecule has 2 aliphatic heterocycles. The molecule has 194 valence electrons. The number of sulfonamides is 2. The average molecular weight is 549 g/mol. The van der Waals surface area contributed by atoms with Crippen LogP contribution in [0.1, 0.15) is 43.4 Å². The lowest BCUT2D eigenvalue weighted by molar-refractivity contribution is 0.309. The highest BCUT2D eigenvalue weighted by atomic mass is 32.2. The number of hydrogen-bond acceptors (Lipinski definition) is 5. The molecule has 0 aliphatic carbocycles. The molecule has 11 heteroatoms. The Hall–Kier alpha value is -2.31. The predicted octanol–water partition coefficient (Wildman–Crippen LogP) is 3.65. The van der Waals surface area contributed by atoms with Crippen molar-refractivity contribution >= 4 is 55.2 Å². The summed E-state index contributed by atoms with van der Waals surface area (Å²) in [7, 11) is -7.33. The quantitative estimate of drug-likeness (QED) is 0.384. The maximum Gasteiger partial charge on any atom is 0.243 e. The van der Waals surface area contributed by atoms with E-state index in [2.05, 4.69) is 10.6 Å². The minimum atomic E-state index is -3.72. The summed E-state index contributed by atoms with van der Waals surface area (Å²) < 4.78 is 56.0. The van der Waals surface area contributed by atoms with E-state index in [-0.39, 0.29) is 15.8 Å². The summed E-state index contributed by atoms with van der Waals surface area (Å²) in [5, 5.41) is 6.54. The molecule has 2 saturated heterocycles. The van der Waals surface area contributed by atoms with E-state index in [1.54, 1.807) is 42.5 Å². The third-order valence-electron chi connectivity index (χ3n) is 6.17. The van der Waals surface area contributed by atoms with Crippen molar-refractivity contribution in [2.75, 3.05) is 31.5 Å². The molecular formula is C25H32N4O4S3. The minimum absolute atomic E-state index is 0.132. The topological polar surface area (TPSA) is 98.8 Å². The average Bonchev–Trinajstić information content (AvgIpc) is 2.69. The number of aryl methyl sites for hydroxylation is 1. The van der Waals surface area contributed by atoms with Gasteiger partial charge in [-0.3, -0.25) is 0 Å². The normalized spacial score (nSPS) is 17.1. The zero-order valence-corrected chi connectivity index (χ0v) is 23.1. The van der Waals surface area contributed by atoms with Crippen molar-refractivity contribution in [3.63, 3.8) is 0 Å². The molecule has 2 N–H and O–H groups in total. The van der Waals surface area contributed by atoms with Crippen LogP contribution in [-0.4, -0.2) is 62.8 Å². The van der Waals surface area contributed by atoms with Gasteiger partial charge < -0.3 is 10.6 Å². The van der Waals surface area contributed by atoms with Crippen molar-refractivity contribution in [3.05, 3.63) is 53.1 Å². The highest BCUT2D eigenvalue weighted by Crippen LogP contribution is 2.30. The Bertz CT molecular complexity index is 1390. The molecule has 0 spiro atoms. The van der Waals surface area contributed by atoms with Crippen LogP contribution in [0.25, 0.3) is 12.2 Å². The molecule has 0 radical (unpaired) electrons. The van der Waals surface area contributed by atoms with Gasteiger partial charge >= 0.3 is 0 Å². The SMILES string of the molecule is Cc1ccc(/C=C/c2ccc(NC(=S)NC(C)C)cc2S(=O)(=O)N2CCC2)c(S(=O)(=O)N2CCC2)c1. The van der Waals surface area contributed by atoms with E-state index in [1.165, 1.54) is 8.61 Å². The van der Waals surface area contributed by atoms with Gasteiger partial charge in [-0.15, -0.1) is 0 Å². The number of benzene rings is 2. The van der Waals surface area contributed by atoms with Crippen LogP contribution in [0.15, 0.2) is 46.2 Å². The number of rotatable bonds is 8. The number of nitrogens with one attached hydrogen (secondary N) is 2. The van der Waals surface area contributed by atoms with Crippen LogP contribution in [0.5, 0.6) is 0 Å². The van der Waals surface area contributed by atoms with Crippen molar-refractivity contribution in [1.29, 1.82) is 0 Å². The van der Waals surface area contributed by atoms with Crippen LogP contribution in [0.3, 0.4) is 0 Å². The molecule has 2 aromatic rings. The van der Waals surface area contributed by atoms with Crippen LogP contribution < -0.4 is 10.6 Å². The van der Waals surface area contributed by atoms with Gasteiger partial charge in [-0.25, -0.2) is 16.8 Å². The smallest absolute Gasteiger partial charge is 0.243 e. The fourth-order valence-electron chi connectivity index (χ4n) is 3.92. The maximum absolute atomic E-state index is 13.4. The number of thiocarbonyl (C=S) groups is 1. The summed E-state index contributed by atoms with van der Waals surface area (Å²) in [6.45, 7) is 7.76. The number of anilines is 1. The van der Waals surface area contributed by atoms with Gasteiger partial charge in [-0.2, -0.15) is 8.61 Å². The van der Waals surface area contributed by atoms with Crippen molar-refractivity contribution < 1.29 is 16.8 Å². The fraction of sp³-hybridized carbons (Fsp3) is 0.400. The molecule has 36 heavy (non-hydrogen) atoms. The second-order valence-electron chi connectivity index (χ2n) is 9.40. The maximum atomic E-state index is 13.4. The number of hydrogen-bond donors (Lipinski definition) is 2. The van der Waals surface area contributed by atoms with E-state index >= 15 is 0 Å². The van der Waals surface area contributed by atoms with E-state index < -0.39 is 20.0 Å². The third-order valence-corrected chi connectivity index (χ3v) is 10.3. The first-order valence-corrected chi connectivity index (χ1v) is 15.3. The van der Waals surface area contributed by atoms with E-state index in [0.29, 0.717) is 48.1 Å². The second-order valence-corrected chi connectivity index (χ2v) is 13.6. The summed E-state index contributed by atoms with van der Waals surface area (Å²) in [4.78, 5) is 0.379. The molecule has 2 fully saturated rings. The summed E-state index contributed by atoms with van der Waals surface area (Å²) in [5.41, 5.74) is 2.39. The Morgan fingerprint density at radius 3 is 1.83 bits per heavy atom. The Labute approximate surface area is 219 Å². The highest BCUT2D eigenvalue weighted by Gasteiger charge is 2.32. The summed E-state index contributed by atoms with van der Waals surface area (Å²) in [5.74, 6) is 0. The standard InChI is InChI=1S/C25H32N4O4S3/c1-18(2)26-25(34)27-22-11-10-21(24(17-22)36(32,33)29-14-5-15-29)9-8-20-7-6-19(3)16-23(20)35(30,31)28-12-4-13-28/h6-11,16-18H,4-5,12-15H2,1-3H3,(H2,26,27,34)/b9-8+. The van der Waals surface area contributed by atoms with Gasteiger partial charge in [0, 0.05) is 37.9 Å². The molecule has 4 rings (SSSR count). The van der Waals surface area contributed by atoms with E-state index in [4.69, 9.17) is 12.2 Å². The first-order chi connectivity index (χ1) is 17.0. The Balaban J connectivity index is 1.72. The van der Waals surface area contributed by atoms with Crippen molar-refractivity contribution in [2.45, 2.75) is 49.4 Å². The Morgan fingerprint density at radius 1 is 0.861 bits per heavy atom. The lowest BCUT2D eigenvalue weighted by Gasteiger charge is -2.30. The fourth-order valence-corrected chi connectivity index (χ4v) is 7.78. The van der Waals surface area contributed by atoms with E-state index in [1.807, 2.05) is 26.8 Å². The van der Waals surface area contributed by atoms with E-state index in [9.17, 15) is 16.8 Å². The van der Waals surface area contributed by atoms with Gasteiger partial charge in [0.15, 0.2) is 5.11 Å². The van der Waals surface area contributed by atoms with Crippen molar-refractivity contribution in [1.82, 2.24) is 13.9 Å². The zero-order valence-electron chi connectivity index (χ0n) is 20.7. The van der Waals surface area contributed by atoms with Gasteiger partial charge in [0.25, 0.3) is 0 Å². The molecule has 8 nitrogen and oxygen atoms in total. The first-order valence-electron chi connectivity index (χ1n) is 12.0. The summed E-state index contributed by atoms with van der Waals surface area (Å²) >= 11 is 5.32. The first kappa shape index (κ1) is 26.7. The Kier molecular flexibility index (Phi) is 7.86. The van der Waals surface area contributed by atoms with Crippen LogP contribution in [0, 0.1) is 6.92 Å². The molecule has 2 aliphatic rings. The summed E-state index contributed by atoms with van der Waals surface area (Å²) in [6.07, 6.45) is 5.02. The summed E-state index contributed by atoms with van der Waals surface area (Å²) in [6, 6.07) is 10.5. The molecule has 0 aromatic heterocycles. The molecule has 0 amide bonds. The molecule has 0 saturated carbocycles. The zero-order chi connectivity index (χ0) is 26.1. The molecule has 0 atom stereocenters. The van der Waals surface area contributed by atoms with Gasteiger partial charge in [-0.1, -0.05) is 30.4 Å². The molecule has 0 bridgehead atoms. The lowest BCUT2D eigenvalue weighted by Crippen LogP contribution is -2.42. The third kappa shape index (κ3) is 5.65.